The third-order valence-corrected chi connectivity index (χ3v) is 5.81. The van der Waals surface area contributed by atoms with Crippen LogP contribution in [0.2, 0.25) is 5.15 Å². The number of piperazine rings is 1. The minimum Gasteiger partial charge on any atom is -0.325 e. The van der Waals surface area contributed by atoms with E-state index < -0.39 is 0 Å². The van der Waals surface area contributed by atoms with Gasteiger partial charge in [0, 0.05) is 17.0 Å². The van der Waals surface area contributed by atoms with Crippen molar-refractivity contribution in [3.8, 4) is 0 Å². The monoisotopic (exact) mass is 368 g/mol. The second-order valence-electron chi connectivity index (χ2n) is 7.18. The number of pyridine rings is 2. The molecule has 3 heterocycles. The molecule has 0 bridgehead atoms. The van der Waals surface area contributed by atoms with E-state index in [9.17, 15) is 0 Å². The fraction of sp³-hybridized carbons (Fsp3) is 0.333. The van der Waals surface area contributed by atoms with E-state index in [1.54, 1.807) is 4.90 Å². The summed E-state index contributed by atoms with van der Waals surface area (Å²) in [6.45, 7) is 9.46. The maximum Gasteiger partial charge on any atom is 0.274 e. The van der Waals surface area contributed by atoms with Crippen molar-refractivity contribution in [1.82, 2.24) is 4.98 Å². The Morgan fingerprint density at radius 3 is 2.69 bits per heavy atom. The maximum absolute atomic E-state index is 6.53. The van der Waals surface area contributed by atoms with Crippen molar-refractivity contribution in [1.29, 1.82) is 0 Å². The Morgan fingerprint density at radius 1 is 1.15 bits per heavy atom. The van der Waals surface area contributed by atoms with E-state index in [0.717, 1.165) is 43.8 Å². The highest BCUT2D eigenvalue weighted by atomic mass is 35.5. The number of fused-ring (bicyclic) bond motifs is 1. The van der Waals surface area contributed by atoms with Gasteiger partial charge in [0.25, 0.3) is 5.82 Å². The van der Waals surface area contributed by atoms with Gasteiger partial charge < -0.3 is 4.90 Å². The van der Waals surface area contributed by atoms with Crippen molar-refractivity contribution < 1.29 is 9.88 Å². The van der Waals surface area contributed by atoms with Gasteiger partial charge in [0.05, 0.1) is 11.7 Å². The first-order chi connectivity index (χ1) is 12.6. The molecule has 1 saturated heterocycles. The third kappa shape index (κ3) is 3.39. The van der Waals surface area contributed by atoms with Crippen LogP contribution in [0, 0.1) is 13.8 Å². The predicted molar refractivity (Wildman–Crippen MR) is 106 cm³/mol. The van der Waals surface area contributed by atoms with Crippen LogP contribution in [-0.2, 0) is 6.54 Å². The van der Waals surface area contributed by atoms with Gasteiger partial charge in [0.1, 0.15) is 37.9 Å². The highest BCUT2D eigenvalue weighted by Crippen LogP contribution is 2.24. The fourth-order valence-corrected chi connectivity index (χ4v) is 3.92. The van der Waals surface area contributed by atoms with E-state index in [1.807, 2.05) is 12.3 Å². The Hall–Kier alpha value is -2.17. The van der Waals surface area contributed by atoms with Gasteiger partial charge in [-0.1, -0.05) is 29.8 Å². The lowest BCUT2D eigenvalue weighted by atomic mass is 10.0. The normalized spacial score (nSPS) is 15.6. The molecule has 1 aliphatic heterocycles. The number of quaternary nitrogens is 1. The Bertz CT molecular complexity index is 918. The number of nitrogens with zero attached hydrogens (tertiary/aromatic N) is 2. The maximum atomic E-state index is 6.53. The summed E-state index contributed by atoms with van der Waals surface area (Å²) in [6, 6.07) is 12.8. The molecule has 0 atom stereocenters. The molecule has 4 nitrogen and oxygen atoms in total. The predicted octanol–water partition coefficient (Wildman–Crippen LogP) is 2.22. The molecule has 0 amide bonds. The van der Waals surface area contributed by atoms with Crippen LogP contribution < -0.4 is 14.8 Å². The molecule has 0 saturated carbocycles. The molecule has 0 unspecified atom stereocenters. The average molecular weight is 369 g/mol. The van der Waals surface area contributed by atoms with Gasteiger partial charge in [0.15, 0.2) is 0 Å². The molecule has 5 heteroatoms. The molecule has 134 valence electrons. The van der Waals surface area contributed by atoms with Gasteiger partial charge >= 0.3 is 0 Å². The second-order valence-corrected chi connectivity index (χ2v) is 7.54. The average Bonchev–Trinajstić information content (AvgIpc) is 2.67. The first-order valence-corrected chi connectivity index (χ1v) is 9.60. The smallest absolute Gasteiger partial charge is 0.274 e. The number of benzene rings is 1. The number of rotatable bonds is 3. The topological polar surface area (TPSA) is 34.7 Å². The first-order valence-electron chi connectivity index (χ1n) is 9.22. The summed E-state index contributed by atoms with van der Waals surface area (Å²) in [4.78, 5) is 12.0. The van der Waals surface area contributed by atoms with Crippen molar-refractivity contribution in [3.63, 3.8) is 0 Å². The summed E-state index contributed by atoms with van der Waals surface area (Å²) >= 11 is 6.53. The number of hydrogen-bond acceptors (Lipinski definition) is 2. The van der Waals surface area contributed by atoms with Crippen LogP contribution in [0.5, 0.6) is 0 Å². The van der Waals surface area contributed by atoms with Crippen LogP contribution in [0.1, 0.15) is 16.7 Å². The number of aromatic nitrogens is 2. The minimum absolute atomic E-state index is 0.650. The fourth-order valence-electron chi connectivity index (χ4n) is 3.72. The van der Waals surface area contributed by atoms with Crippen LogP contribution in [0.3, 0.4) is 0 Å². The van der Waals surface area contributed by atoms with Crippen LogP contribution in [-0.4, -0.2) is 31.2 Å². The highest BCUT2D eigenvalue weighted by Gasteiger charge is 2.26. The van der Waals surface area contributed by atoms with Crippen LogP contribution in [0.15, 0.2) is 42.6 Å². The van der Waals surface area contributed by atoms with E-state index in [0.29, 0.717) is 5.15 Å². The summed E-state index contributed by atoms with van der Waals surface area (Å²) in [5.74, 6) is 1.20. The van der Waals surface area contributed by atoms with Gasteiger partial charge in [-0.3, -0.25) is 4.90 Å². The van der Waals surface area contributed by atoms with Crippen LogP contribution in [0.4, 0.5) is 5.82 Å². The molecule has 1 aromatic carbocycles. The lowest BCUT2D eigenvalue weighted by Gasteiger charge is -2.28. The Morgan fingerprint density at radius 2 is 1.96 bits per heavy atom. The molecular weight excluding hydrogens is 344 g/mol. The SMILES string of the molecule is Cc1ccc2cc(C[NH+]3CCN(c4cccc[nH+]4)CC3)c(Cl)nc2c1C. The Balaban J connectivity index is 1.48. The van der Waals surface area contributed by atoms with Gasteiger partial charge in [-0.05, 0) is 37.1 Å². The lowest BCUT2D eigenvalue weighted by Crippen LogP contribution is -3.13. The molecule has 1 fully saturated rings. The second kappa shape index (κ2) is 7.22. The zero-order chi connectivity index (χ0) is 18.1. The van der Waals surface area contributed by atoms with E-state index >= 15 is 0 Å². The number of hydrogen-bond donors (Lipinski definition) is 1. The van der Waals surface area contributed by atoms with E-state index in [4.69, 9.17) is 16.6 Å². The standard InChI is InChI=1S/C21H23ClN4/c1-15-6-7-17-13-18(21(22)24-20(17)16(15)2)14-25-9-11-26(12-10-25)19-5-3-4-8-23-19/h3-8,13H,9-12,14H2,1-2H3/p+2. The van der Waals surface area contributed by atoms with Gasteiger partial charge in [0.2, 0.25) is 0 Å². The Labute approximate surface area is 159 Å². The molecule has 0 aliphatic carbocycles. The number of aryl methyl sites for hydroxylation is 2. The van der Waals surface area contributed by atoms with Gasteiger partial charge in [-0.25, -0.2) is 9.97 Å². The molecule has 2 aromatic heterocycles. The summed E-state index contributed by atoms with van der Waals surface area (Å²) < 4.78 is 0. The third-order valence-electron chi connectivity index (χ3n) is 5.48. The molecule has 4 rings (SSSR count). The number of aromatic amines is 1. The zero-order valence-electron chi connectivity index (χ0n) is 15.3. The summed E-state index contributed by atoms with van der Waals surface area (Å²) in [5, 5.41) is 1.84. The van der Waals surface area contributed by atoms with Crippen molar-refractivity contribution in [3.05, 3.63) is 64.4 Å². The van der Waals surface area contributed by atoms with Crippen LogP contribution >= 0.6 is 11.6 Å². The Kier molecular flexibility index (Phi) is 4.79. The zero-order valence-corrected chi connectivity index (χ0v) is 16.1. The quantitative estimate of drug-likeness (QED) is 0.719. The summed E-state index contributed by atoms with van der Waals surface area (Å²) in [5.41, 5.74) is 4.65. The molecule has 26 heavy (non-hydrogen) atoms. The van der Waals surface area contributed by atoms with Crippen molar-refractivity contribution >= 4 is 28.3 Å². The van der Waals surface area contributed by atoms with E-state index in [1.165, 1.54) is 22.3 Å². The van der Waals surface area contributed by atoms with Crippen molar-refractivity contribution in [2.45, 2.75) is 20.4 Å². The van der Waals surface area contributed by atoms with Crippen LogP contribution in [0.25, 0.3) is 10.9 Å². The van der Waals surface area contributed by atoms with E-state index in [-0.39, 0.29) is 0 Å². The molecular formula is C21H25ClN4+2. The number of H-pyrrole nitrogens is 1. The molecule has 1 aliphatic rings. The van der Waals surface area contributed by atoms with Crippen molar-refractivity contribution in [2.24, 2.45) is 0 Å². The highest BCUT2D eigenvalue weighted by molar-refractivity contribution is 6.30. The van der Waals surface area contributed by atoms with E-state index in [2.05, 4.69) is 54.1 Å². The molecule has 3 aromatic rings. The minimum atomic E-state index is 0.650. The van der Waals surface area contributed by atoms with Crippen molar-refractivity contribution in [2.75, 3.05) is 31.1 Å². The van der Waals surface area contributed by atoms with Gasteiger partial charge in [-0.2, -0.15) is 0 Å². The first kappa shape index (κ1) is 17.3. The number of halogens is 1. The number of anilines is 1. The number of nitrogens with one attached hydrogen (secondary N) is 2. The van der Waals surface area contributed by atoms with Gasteiger partial charge in [-0.15, -0.1) is 0 Å². The molecule has 0 radical (unpaired) electrons. The molecule has 2 N–H and O–H groups in total. The lowest BCUT2D eigenvalue weighted by molar-refractivity contribution is -0.914. The summed E-state index contributed by atoms with van der Waals surface area (Å²) in [6.07, 6.45) is 1.98. The molecule has 0 spiro atoms. The largest absolute Gasteiger partial charge is 0.325 e. The summed E-state index contributed by atoms with van der Waals surface area (Å²) in [7, 11) is 0.